The number of nitrogens with zero attached hydrogens (tertiary/aromatic N) is 4. The van der Waals surface area contributed by atoms with Crippen LogP contribution in [-0.2, 0) is 21.4 Å². The largest absolute Gasteiger partial charge is 0.419 e. The van der Waals surface area contributed by atoms with Gasteiger partial charge in [0.05, 0.1) is 18.0 Å². The topological polar surface area (TPSA) is 96.6 Å². The van der Waals surface area contributed by atoms with Crippen LogP contribution in [0.15, 0.2) is 63.9 Å². The van der Waals surface area contributed by atoms with E-state index in [0.717, 1.165) is 22.7 Å². The average Bonchev–Trinajstić information content (AvgIpc) is 3.50. The summed E-state index contributed by atoms with van der Waals surface area (Å²) in [6.45, 7) is -0.144. The minimum absolute atomic E-state index is 0.0474. The highest BCUT2D eigenvalue weighted by atomic mass is 35.5. The van der Waals surface area contributed by atoms with Crippen LogP contribution in [0.3, 0.4) is 0 Å². The number of likely N-dealkylation sites (N-methyl/N-ethyl adjacent to an activating group) is 1. The van der Waals surface area contributed by atoms with Gasteiger partial charge in [-0.15, -0.1) is 10.2 Å². The van der Waals surface area contributed by atoms with Crippen molar-refractivity contribution in [3.63, 3.8) is 0 Å². The van der Waals surface area contributed by atoms with E-state index < -0.39 is 10.0 Å². The number of sulfonamides is 1. The van der Waals surface area contributed by atoms with Crippen LogP contribution in [-0.4, -0.2) is 53.4 Å². The number of benzene rings is 2. The normalized spacial score (nSPS) is 14.0. The predicted octanol–water partition coefficient (Wildman–Crippen LogP) is 3.20. The lowest BCUT2D eigenvalue weighted by Gasteiger charge is -2.24. The Morgan fingerprint density at radius 3 is 2.42 bits per heavy atom. The van der Waals surface area contributed by atoms with E-state index in [2.05, 4.69) is 10.2 Å². The van der Waals surface area contributed by atoms with E-state index in [0.29, 0.717) is 16.8 Å². The van der Waals surface area contributed by atoms with Crippen molar-refractivity contribution < 1.29 is 17.6 Å². The van der Waals surface area contributed by atoms with E-state index in [1.807, 2.05) is 0 Å². The lowest BCUT2D eigenvalue weighted by molar-refractivity contribution is -0.132. The van der Waals surface area contributed by atoms with Crippen molar-refractivity contribution in [3.05, 3.63) is 65.5 Å². The van der Waals surface area contributed by atoms with Gasteiger partial charge in [0.15, 0.2) is 0 Å². The minimum atomic E-state index is -3.76. The molecule has 0 aliphatic heterocycles. The molecule has 4 rings (SSSR count). The summed E-state index contributed by atoms with van der Waals surface area (Å²) in [5.74, 6) is 0.313. The molecule has 1 fully saturated rings. The van der Waals surface area contributed by atoms with Crippen LogP contribution in [0, 0.1) is 0 Å². The Kier molecular flexibility index (Phi) is 6.08. The van der Waals surface area contributed by atoms with Crippen LogP contribution in [0.5, 0.6) is 0 Å². The molecule has 1 amide bonds. The Balaban J connectivity index is 1.46. The van der Waals surface area contributed by atoms with Gasteiger partial charge in [-0.25, -0.2) is 8.42 Å². The molecule has 31 heavy (non-hydrogen) atoms. The molecule has 0 saturated heterocycles. The fraction of sp³-hybridized carbons (Fsp3) is 0.286. The fourth-order valence-electron chi connectivity index (χ4n) is 3.12. The molecular weight excluding hydrogens is 440 g/mol. The zero-order valence-corrected chi connectivity index (χ0v) is 18.4. The standard InChI is InChI=1S/C21H21ClN4O4S/c1-25(31(28,29)18-5-3-2-4-6-18)14-20(27)26(17-11-12-17)13-19-23-24-21(30-19)15-7-9-16(22)10-8-15/h2-10,17H,11-14H2,1H3. The van der Waals surface area contributed by atoms with E-state index in [9.17, 15) is 13.2 Å². The van der Waals surface area contributed by atoms with Crippen LogP contribution < -0.4 is 0 Å². The van der Waals surface area contributed by atoms with Gasteiger partial charge < -0.3 is 9.32 Å². The molecule has 0 radical (unpaired) electrons. The first-order chi connectivity index (χ1) is 14.8. The van der Waals surface area contributed by atoms with Crippen LogP contribution in [0.2, 0.25) is 5.02 Å². The summed E-state index contributed by atoms with van der Waals surface area (Å²) in [6, 6.07) is 15.1. The summed E-state index contributed by atoms with van der Waals surface area (Å²) < 4.78 is 32.2. The minimum Gasteiger partial charge on any atom is -0.419 e. The second-order valence-corrected chi connectivity index (χ2v) is 9.82. The number of halogens is 1. The molecule has 3 aromatic rings. The Morgan fingerprint density at radius 1 is 1.10 bits per heavy atom. The molecule has 2 aromatic carbocycles. The molecule has 1 aromatic heterocycles. The quantitative estimate of drug-likeness (QED) is 0.512. The van der Waals surface area contributed by atoms with Crippen molar-refractivity contribution >= 4 is 27.5 Å². The number of carbonyl (C=O) groups is 1. The average molecular weight is 461 g/mol. The first kappa shape index (κ1) is 21.5. The van der Waals surface area contributed by atoms with Crippen molar-refractivity contribution in [2.24, 2.45) is 0 Å². The summed E-state index contributed by atoms with van der Waals surface area (Å²) in [5.41, 5.74) is 0.723. The summed E-state index contributed by atoms with van der Waals surface area (Å²) in [7, 11) is -2.36. The Bertz CT molecular complexity index is 1160. The first-order valence-electron chi connectivity index (χ1n) is 9.74. The molecule has 0 spiro atoms. The molecule has 0 atom stereocenters. The molecule has 162 valence electrons. The van der Waals surface area contributed by atoms with Crippen molar-refractivity contribution in [1.29, 1.82) is 0 Å². The van der Waals surface area contributed by atoms with Crippen LogP contribution in [0.4, 0.5) is 0 Å². The van der Waals surface area contributed by atoms with Crippen molar-refractivity contribution in [2.45, 2.75) is 30.3 Å². The van der Waals surface area contributed by atoms with Crippen LogP contribution >= 0.6 is 11.6 Å². The van der Waals surface area contributed by atoms with Crippen molar-refractivity contribution in [2.75, 3.05) is 13.6 Å². The van der Waals surface area contributed by atoms with Crippen molar-refractivity contribution in [1.82, 2.24) is 19.4 Å². The van der Waals surface area contributed by atoms with Crippen LogP contribution in [0.1, 0.15) is 18.7 Å². The smallest absolute Gasteiger partial charge is 0.247 e. The molecule has 0 bridgehead atoms. The zero-order valence-electron chi connectivity index (χ0n) is 16.8. The van der Waals surface area contributed by atoms with Gasteiger partial charge in [-0.1, -0.05) is 29.8 Å². The number of rotatable bonds is 8. The molecule has 1 aliphatic rings. The molecule has 0 N–H and O–H groups in total. The second-order valence-electron chi connectivity index (χ2n) is 7.33. The maximum Gasteiger partial charge on any atom is 0.247 e. The van der Waals surface area contributed by atoms with Gasteiger partial charge in [-0.2, -0.15) is 4.31 Å². The number of carbonyl (C=O) groups excluding carboxylic acids is 1. The third kappa shape index (κ3) is 4.95. The zero-order chi connectivity index (χ0) is 22.0. The number of hydrogen-bond acceptors (Lipinski definition) is 6. The lowest BCUT2D eigenvalue weighted by Crippen LogP contribution is -2.41. The fourth-order valence-corrected chi connectivity index (χ4v) is 4.39. The highest BCUT2D eigenvalue weighted by molar-refractivity contribution is 7.89. The molecular formula is C21H21ClN4O4S. The van der Waals surface area contributed by atoms with Gasteiger partial charge in [0.1, 0.15) is 0 Å². The van der Waals surface area contributed by atoms with E-state index >= 15 is 0 Å². The van der Waals surface area contributed by atoms with Gasteiger partial charge in [0.25, 0.3) is 0 Å². The summed E-state index contributed by atoms with van der Waals surface area (Å²) >= 11 is 5.90. The number of hydrogen-bond donors (Lipinski definition) is 0. The summed E-state index contributed by atoms with van der Waals surface area (Å²) in [5, 5.41) is 8.69. The van der Waals surface area contributed by atoms with Gasteiger partial charge in [-0.3, -0.25) is 4.79 Å². The predicted molar refractivity (Wildman–Crippen MR) is 115 cm³/mol. The first-order valence-corrected chi connectivity index (χ1v) is 11.6. The molecule has 1 aliphatic carbocycles. The Labute approximate surface area is 185 Å². The molecule has 1 heterocycles. The van der Waals surface area contributed by atoms with Gasteiger partial charge in [0.2, 0.25) is 27.7 Å². The molecule has 1 saturated carbocycles. The number of aromatic nitrogens is 2. The molecule has 0 unspecified atom stereocenters. The van der Waals surface area contributed by atoms with E-state index in [-0.39, 0.29) is 29.9 Å². The maximum absolute atomic E-state index is 12.9. The van der Waals surface area contributed by atoms with Crippen LogP contribution in [0.25, 0.3) is 11.5 Å². The molecule has 8 nitrogen and oxygen atoms in total. The summed E-state index contributed by atoms with van der Waals surface area (Å²) in [6.07, 6.45) is 1.72. The maximum atomic E-state index is 12.9. The van der Waals surface area contributed by atoms with Gasteiger partial charge in [-0.05, 0) is 49.2 Å². The van der Waals surface area contributed by atoms with Gasteiger partial charge in [0, 0.05) is 23.7 Å². The van der Waals surface area contributed by atoms with E-state index in [1.165, 1.54) is 19.2 Å². The van der Waals surface area contributed by atoms with Gasteiger partial charge >= 0.3 is 0 Å². The molecule has 10 heteroatoms. The SMILES string of the molecule is CN(CC(=O)N(Cc1nnc(-c2ccc(Cl)cc2)o1)C1CC1)S(=O)(=O)c1ccccc1. The highest BCUT2D eigenvalue weighted by Gasteiger charge is 2.35. The summed E-state index contributed by atoms with van der Waals surface area (Å²) in [4.78, 5) is 14.7. The third-order valence-electron chi connectivity index (χ3n) is 4.98. The Morgan fingerprint density at radius 2 is 1.77 bits per heavy atom. The van der Waals surface area contributed by atoms with E-state index in [1.54, 1.807) is 47.4 Å². The monoisotopic (exact) mass is 460 g/mol. The van der Waals surface area contributed by atoms with Crippen molar-refractivity contribution in [3.8, 4) is 11.5 Å². The number of amides is 1. The van der Waals surface area contributed by atoms with E-state index in [4.69, 9.17) is 16.0 Å². The third-order valence-corrected chi connectivity index (χ3v) is 7.05. The lowest BCUT2D eigenvalue weighted by atomic mass is 10.2. The Hall–Kier alpha value is -2.75. The highest BCUT2D eigenvalue weighted by Crippen LogP contribution is 2.29. The second kappa shape index (κ2) is 8.78.